The molecule has 5 nitrogen and oxygen atoms in total. The average Bonchev–Trinajstić information content (AvgIpc) is 2.85. The second-order valence-electron chi connectivity index (χ2n) is 3.98. The van der Waals surface area contributed by atoms with Crippen molar-refractivity contribution in [2.75, 3.05) is 0 Å². The highest BCUT2D eigenvalue weighted by molar-refractivity contribution is 6.12. The summed E-state index contributed by atoms with van der Waals surface area (Å²) in [6, 6.07) is 14.1. The van der Waals surface area contributed by atoms with Crippen LogP contribution in [0, 0.1) is 0 Å². The van der Waals surface area contributed by atoms with E-state index in [9.17, 15) is 5.11 Å². The maximum atomic E-state index is 9.84. The van der Waals surface area contributed by atoms with Gasteiger partial charge in [-0.05, 0) is 24.3 Å². The molecule has 5 heteroatoms. The number of oxazole rings is 1. The van der Waals surface area contributed by atoms with Crippen molar-refractivity contribution in [3.63, 3.8) is 0 Å². The van der Waals surface area contributed by atoms with Gasteiger partial charge in [0.1, 0.15) is 11.3 Å². The number of phenolic OH excluding ortho intramolecular Hbond substituents is 1. The SMILES string of the molecule is NN=C(c1nc2ccccc2o1)c1ccccc1O. The zero-order valence-corrected chi connectivity index (χ0v) is 9.95. The first-order chi connectivity index (χ1) is 9.29. The number of fused-ring (bicyclic) bond motifs is 1. The largest absolute Gasteiger partial charge is 0.507 e. The van der Waals surface area contributed by atoms with Crippen LogP contribution in [0.2, 0.25) is 0 Å². The van der Waals surface area contributed by atoms with Gasteiger partial charge in [-0.3, -0.25) is 0 Å². The van der Waals surface area contributed by atoms with Gasteiger partial charge in [-0.2, -0.15) is 5.10 Å². The van der Waals surface area contributed by atoms with E-state index in [1.807, 2.05) is 24.3 Å². The molecule has 0 fully saturated rings. The van der Waals surface area contributed by atoms with Gasteiger partial charge in [-0.15, -0.1) is 0 Å². The third kappa shape index (κ3) is 1.91. The van der Waals surface area contributed by atoms with Crippen molar-refractivity contribution in [1.29, 1.82) is 0 Å². The molecule has 3 rings (SSSR count). The Hall–Kier alpha value is -2.82. The average molecular weight is 253 g/mol. The number of rotatable bonds is 2. The van der Waals surface area contributed by atoms with Crippen LogP contribution in [0.4, 0.5) is 0 Å². The molecule has 0 aliphatic rings. The van der Waals surface area contributed by atoms with Gasteiger partial charge < -0.3 is 15.4 Å². The number of benzene rings is 2. The van der Waals surface area contributed by atoms with Crippen LogP contribution in [-0.2, 0) is 0 Å². The molecule has 0 spiro atoms. The Bertz CT molecular complexity index is 729. The second-order valence-corrected chi connectivity index (χ2v) is 3.98. The Morgan fingerprint density at radius 3 is 2.58 bits per heavy atom. The number of hydrogen-bond donors (Lipinski definition) is 2. The molecular weight excluding hydrogens is 242 g/mol. The minimum absolute atomic E-state index is 0.0777. The van der Waals surface area contributed by atoms with Gasteiger partial charge in [0.25, 0.3) is 0 Å². The number of aromatic nitrogens is 1. The molecule has 0 unspecified atom stereocenters. The maximum Gasteiger partial charge on any atom is 0.248 e. The summed E-state index contributed by atoms with van der Waals surface area (Å²) in [5.41, 5.74) is 2.16. The smallest absolute Gasteiger partial charge is 0.248 e. The minimum atomic E-state index is 0.0777. The quantitative estimate of drug-likeness (QED) is 0.416. The Morgan fingerprint density at radius 2 is 1.84 bits per heavy atom. The van der Waals surface area contributed by atoms with Crippen molar-refractivity contribution in [3.05, 3.63) is 60.0 Å². The van der Waals surface area contributed by atoms with Gasteiger partial charge in [0.05, 0.1) is 0 Å². The van der Waals surface area contributed by atoms with E-state index in [1.165, 1.54) is 0 Å². The zero-order chi connectivity index (χ0) is 13.2. The lowest BCUT2D eigenvalue weighted by Gasteiger charge is -2.03. The van der Waals surface area contributed by atoms with Crippen LogP contribution in [0.15, 0.2) is 58.0 Å². The third-order valence-corrected chi connectivity index (χ3v) is 2.78. The number of hydrogen-bond acceptors (Lipinski definition) is 5. The summed E-state index contributed by atoms with van der Waals surface area (Å²) in [6.07, 6.45) is 0. The van der Waals surface area contributed by atoms with Crippen LogP contribution in [0.1, 0.15) is 11.5 Å². The number of nitrogens with two attached hydrogens (primary N) is 1. The van der Waals surface area contributed by atoms with Crippen LogP contribution in [0.5, 0.6) is 5.75 Å². The van der Waals surface area contributed by atoms with E-state index in [0.29, 0.717) is 22.4 Å². The lowest BCUT2D eigenvalue weighted by molar-refractivity contribution is 0.473. The fourth-order valence-corrected chi connectivity index (χ4v) is 1.89. The Balaban J connectivity index is 2.16. The van der Waals surface area contributed by atoms with Crippen molar-refractivity contribution in [1.82, 2.24) is 4.98 Å². The molecule has 0 saturated carbocycles. The van der Waals surface area contributed by atoms with Gasteiger partial charge >= 0.3 is 0 Å². The molecule has 1 aromatic heterocycles. The lowest BCUT2D eigenvalue weighted by atomic mass is 10.1. The van der Waals surface area contributed by atoms with Crippen LogP contribution >= 0.6 is 0 Å². The molecule has 0 aliphatic heterocycles. The summed E-state index contributed by atoms with van der Waals surface area (Å²) in [5, 5.41) is 13.5. The van der Waals surface area contributed by atoms with E-state index in [0.717, 1.165) is 0 Å². The van der Waals surface area contributed by atoms with Crippen LogP contribution < -0.4 is 5.84 Å². The van der Waals surface area contributed by atoms with Gasteiger partial charge in [0.2, 0.25) is 5.89 Å². The maximum absolute atomic E-state index is 9.84. The highest BCUT2D eigenvalue weighted by Crippen LogP contribution is 2.22. The topological polar surface area (TPSA) is 84.6 Å². The standard InChI is InChI=1S/C14H11N3O2/c15-17-13(9-5-1-3-7-11(9)18)14-16-10-6-2-4-8-12(10)19-14/h1-8,18H,15H2. The van der Waals surface area contributed by atoms with E-state index in [-0.39, 0.29) is 11.6 Å². The van der Waals surface area contributed by atoms with E-state index >= 15 is 0 Å². The van der Waals surface area contributed by atoms with Crippen molar-refractivity contribution < 1.29 is 9.52 Å². The first kappa shape index (κ1) is 11.3. The van der Waals surface area contributed by atoms with E-state index in [1.54, 1.807) is 24.3 Å². The third-order valence-electron chi connectivity index (χ3n) is 2.78. The molecule has 2 aromatic carbocycles. The van der Waals surface area contributed by atoms with Gasteiger partial charge in [-0.25, -0.2) is 4.98 Å². The lowest BCUT2D eigenvalue weighted by Crippen LogP contribution is -2.07. The summed E-state index contributed by atoms with van der Waals surface area (Å²) in [7, 11) is 0. The zero-order valence-electron chi connectivity index (χ0n) is 9.95. The molecule has 0 amide bonds. The van der Waals surface area contributed by atoms with Gasteiger partial charge in [-0.1, -0.05) is 24.3 Å². The van der Waals surface area contributed by atoms with Crippen molar-refractivity contribution in [2.24, 2.45) is 10.9 Å². The molecule has 0 bridgehead atoms. The Kier molecular flexibility index (Phi) is 2.64. The summed E-state index contributed by atoms with van der Waals surface area (Å²) < 4.78 is 5.60. The normalized spacial score (nSPS) is 11.9. The molecule has 19 heavy (non-hydrogen) atoms. The monoisotopic (exact) mass is 253 g/mol. The van der Waals surface area contributed by atoms with Crippen molar-refractivity contribution >= 4 is 16.8 Å². The molecule has 0 atom stereocenters. The molecule has 0 radical (unpaired) electrons. The second kappa shape index (κ2) is 4.45. The number of hydrazone groups is 1. The summed E-state index contributed by atoms with van der Waals surface area (Å²) >= 11 is 0. The first-order valence-corrected chi connectivity index (χ1v) is 5.72. The number of nitrogens with zero attached hydrogens (tertiary/aromatic N) is 2. The fourth-order valence-electron chi connectivity index (χ4n) is 1.89. The first-order valence-electron chi connectivity index (χ1n) is 5.72. The fraction of sp³-hybridized carbons (Fsp3) is 0. The molecular formula is C14H11N3O2. The van der Waals surface area contributed by atoms with E-state index in [4.69, 9.17) is 10.3 Å². The predicted octanol–water partition coefficient (Wildman–Crippen LogP) is 2.24. The number of phenols is 1. The number of aromatic hydroxyl groups is 1. The molecule has 0 aliphatic carbocycles. The van der Waals surface area contributed by atoms with E-state index in [2.05, 4.69) is 10.1 Å². The van der Waals surface area contributed by atoms with Crippen molar-refractivity contribution in [3.8, 4) is 5.75 Å². The summed E-state index contributed by atoms with van der Waals surface area (Å²) in [6.45, 7) is 0. The summed E-state index contributed by atoms with van der Waals surface area (Å²) in [5.74, 6) is 5.76. The van der Waals surface area contributed by atoms with Crippen LogP contribution in [-0.4, -0.2) is 15.8 Å². The molecule has 94 valence electrons. The van der Waals surface area contributed by atoms with Gasteiger partial charge in [0, 0.05) is 5.56 Å². The highest BCUT2D eigenvalue weighted by atomic mass is 16.3. The highest BCUT2D eigenvalue weighted by Gasteiger charge is 2.17. The van der Waals surface area contributed by atoms with Crippen molar-refractivity contribution in [2.45, 2.75) is 0 Å². The predicted molar refractivity (Wildman–Crippen MR) is 71.9 cm³/mol. The number of para-hydroxylation sites is 3. The van der Waals surface area contributed by atoms with E-state index < -0.39 is 0 Å². The Morgan fingerprint density at radius 1 is 1.11 bits per heavy atom. The molecule has 3 N–H and O–H groups in total. The summed E-state index contributed by atoms with van der Waals surface area (Å²) in [4.78, 5) is 4.31. The van der Waals surface area contributed by atoms with Gasteiger partial charge in [0.15, 0.2) is 11.3 Å². The Labute approximate surface area is 109 Å². The minimum Gasteiger partial charge on any atom is -0.507 e. The van der Waals surface area contributed by atoms with Crippen LogP contribution in [0.3, 0.4) is 0 Å². The van der Waals surface area contributed by atoms with Crippen LogP contribution in [0.25, 0.3) is 11.1 Å². The molecule has 0 saturated heterocycles. The molecule has 3 aromatic rings. The molecule has 1 heterocycles.